The highest BCUT2D eigenvalue weighted by molar-refractivity contribution is 9.10. The van der Waals surface area contributed by atoms with Gasteiger partial charge in [-0.25, -0.2) is 0 Å². The third-order valence-electron chi connectivity index (χ3n) is 2.76. The summed E-state index contributed by atoms with van der Waals surface area (Å²) in [6, 6.07) is 10.3. The van der Waals surface area contributed by atoms with Gasteiger partial charge < -0.3 is 15.8 Å². The highest BCUT2D eigenvalue weighted by atomic mass is 79.9. The number of ether oxygens (including phenoxy) is 1. The van der Waals surface area contributed by atoms with E-state index >= 15 is 0 Å². The number of anilines is 2. The Morgan fingerprint density at radius 1 is 1.38 bits per heavy atom. The Kier molecular flexibility index (Phi) is 5.09. The van der Waals surface area contributed by atoms with Crippen molar-refractivity contribution in [2.24, 2.45) is 0 Å². The second-order valence-electron chi connectivity index (χ2n) is 4.23. The molecule has 2 aromatic carbocycles. The molecule has 0 atom stereocenters. The Balaban J connectivity index is 2.32. The molecule has 0 fully saturated rings. The Morgan fingerprint density at radius 3 is 2.81 bits per heavy atom. The summed E-state index contributed by atoms with van der Waals surface area (Å²) in [4.78, 5) is 12.4. The molecule has 0 radical (unpaired) electrons. The first-order valence-corrected chi connectivity index (χ1v) is 7.47. The van der Waals surface area contributed by atoms with Crippen LogP contribution < -0.4 is 15.8 Å². The third kappa shape index (κ3) is 3.68. The zero-order valence-corrected chi connectivity index (χ0v) is 13.7. The van der Waals surface area contributed by atoms with E-state index in [1.165, 1.54) is 0 Å². The number of benzene rings is 2. The molecule has 0 unspecified atom stereocenters. The summed E-state index contributed by atoms with van der Waals surface area (Å²) in [6.45, 7) is 2.29. The maximum Gasteiger partial charge on any atom is 0.261 e. The lowest BCUT2D eigenvalue weighted by Gasteiger charge is -2.13. The molecular formula is C15H14BrClN2O2. The smallest absolute Gasteiger partial charge is 0.261 e. The van der Waals surface area contributed by atoms with E-state index in [-0.39, 0.29) is 5.91 Å². The number of amides is 1. The lowest BCUT2D eigenvalue weighted by molar-refractivity contribution is 0.102. The molecule has 0 saturated heterocycles. The van der Waals surface area contributed by atoms with Gasteiger partial charge in [0.1, 0.15) is 11.3 Å². The molecule has 3 N–H and O–H groups in total. The van der Waals surface area contributed by atoms with Gasteiger partial charge in [-0.3, -0.25) is 4.79 Å². The van der Waals surface area contributed by atoms with Crippen LogP contribution in [0, 0.1) is 0 Å². The van der Waals surface area contributed by atoms with Crippen molar-refractivity contribution < 1.29 is 9.53 Å². The Hall–Kier alpha value is -1.72. The first-order valence-electron chi connectivity index (χ1n) is 6.30. The minimum absolute atomic E-state index is 0.304. The monoisotopic (exact) mass is 368 g/mol. The summed E-state index contributed by atoms with van der Waals surface area (Å²) >= 11 is 9.41. The summed E-state index contributed by atoms with van der Waals surface area (Å²) in [7, 11) is 0. The van der Waals surface area contributed by atoms with Gasteiger partial charge in [0.25, 0.3) is 5.91 Å². The van der Waals surface area contributed by atoms with Crippen LogP contribution in [0.4, 0.5) is 11.4 Å². The molecule has 0 heterocycles. The molecule has 0 spiro atoms. The summed E-state index contributed by atoms with van der Waals surface area (Å²) in [6.07, 6.45) is 0. The molecule has 0 aliphatic carbocycles. The van der Waals surface area contributed by atoms with Gasteiger partial charge in [-0.15, -0.1) is 0 Å². The molecule has 110 valence electrons. The van der Waals surface area contributed by atoms with Crippen molar-refractivity contribution in [2.45, 2.75) is 6.92 Å². The zero-order chi connectivity index (χ0) is 15.4. The molecule has 4 nitrogen and oxygen atoms in total. The van der Waals surface area contributed by atoms with Crippen LogP contribution in [0.1, 0.15) is 17.3 Å². The van der Waals surface area contributed by atoms with Crippen molar-refractivity contribution in [1.82, 2.24) is 0 Å². The number of hydrogen-bond acceptors (Lipinski definition) is 3. The van der Waals surface area contributed by atoms with Gasteiger partial charge in [-0.1, -0.05) is 33.6 Å². The van der Waals surface area contributed by atoms with Crippen LogP contribution >= 0.6 is 27.5 Å². The van der Waals surface area contributed by atoms with Crippen molar-refractivity contribution in [2.75, 3.05) is 17.7 Å². The molecule has 2 rings (SSSR count). The standard InChI is InChI=1S/C15H14BrClN2O2/c1-2-21-13-5-3-4-11(18)14(13)15(20)19-12-7-6-9(16)8-10(12)17/h3-8H,2,18H2,1H3,(H,19,20). The first-order chi connectivity index (χ1) is 10.0. The van der Waals surface area contributed by atoms with Gasteiger partial charge >= 0.3 is 0 Å². The first kappa shape index (κ1) is 15.7. The zero-order valence-electron chi connectivity index (χ0n) is 11.3. The van der Waals surface area contributed by atoms with Crippen LogP contribution in [-0.2, 0) is 0 Å². The summed E-state index contributed by atoms with van der Waals surface area (Å²) in [5.41, 5.74) is 7.05. The molecule has 6 heteroatoms. The quantitative estimate of drug-likeness (QED) is 0.788. The number of nitrogens with two attached hydrogens (primary N) is 1. The summed E-state index contributed by atoms with van der Waals surface area (Å²) in [5.74, 6) is 0.0870. The lowest BCUT2D eigenvalue weighted by Crippen LogP contribution is -2.16. The van der Waals surface area contributed by atoms with Crippen LogP contribution in [0.2, 0.25) is 5.02 Å². The number of nitrogen functional groups attached to an aromatic ring is 1. The number of carbonyl (C=O) groups excluding carboxylic acids is 1. The van der Waals surface area contributed by atoms with E-state index < -0.39 is 0 Å². The predicted octanol–water partition coefficient (Wildman–Crippen LogP) is 4.34. The largest absolute Gasteiger partial charge is 0.493 e. The number of nitrogens with one attached hydrogen (secondary N) is 1. The molecule has 2 aromatic rings. The maximum absolute atomic E-state index is 12.4. The van der Waals surface area contributed by atoms with Crippen LogP contribution in [-0.4, -0.2) is 12.5 Å². The number of carbonyl (C=O) groups is 1. The number of rotatable bonds is 4. The van der Waals surface area contributed by atoms with Crippen LogP contribution in [0.25, 0.3) is 0 Å². The number of hydrogen-bond donors (Lipinski definition) is 2. The Labute approximate surface area is 136 Å². The highest BCUT2D eigenvalue weighted by Gasteiger charge is 2.17. The maximum atomic E-state index is 12.4. The third-order valence-corrected chi connectivity index (χ3v) is 3.57. The van der Waals surface area contributed by atoms with E-state index in [4.69, 9.17) is 22.1 Å². The van der Waals surface area contributed by atoms with Crippen molar-refractivity contribution in [3.63, 3.8) is 0 Å². The van der Waals surface area contributed by atoms with E-state index in [2.05, 4.69) is 21.2 Å². The second kappa shape index (κ2) is 6.83. The van der Waals surface area contributed by atoms with Crippen molar-refractivity contribution >= 4 is 44.8 Å². The molecule has 0 saturated carbocycles. The van der Waals surface area contributed by atoms with Gasteiger partial charge in [0.15, 0.2) is 0 Å². The van der Waals surface area contributed by atoms with Gasteiger partial charge in [0.2, 0.25) is 0 Å². The molecule has 0 aromatic heterocycles. The van der Waals surface area contributed by atoms with E-state index in [0.717, 1.165) is 4.47 Å². The van der Waals surface area contributed by atoms with E-state index in [1.54, 1.807) is 36.4 Å². The summed E-state index contributed by atoms with van der Waals surface area (Å²) < 4.78 is 6.28. The van der Waals surface area contributed by atoms with Gasteiger partial charge in [-0.2, -0.15) is 0 Å². The average Bonchev–Trinajstić information content (AvgIpc) is 2.42. The topological polar surface area (TPSA) is 64.3 Å². The fourth-order valence-corrected chi connectivity index (χ4v) is 2.56. The molecule has 0 bridgehead atoms. The highest BCUT2D eigenvalue weighted by Crippen LogP contribution is 2.29. The SMILES string of the molecule is CCOc1cccc(N)c1C(=O)Nc1ccc(Br)cc1Cl. The van der Waals surface area contributed by atoms with Gasteiger partial charge in [0, 0.05) is 10.2 Å². The van der Waals surface area contributed by atoms with Crippen LogP contribution in [0.15, 0.2) is 40.9 Å². The fourth-order valence-electron chi connectivity index (χ4n) is 1.84. The molecule has 1 amide bonds. The van der Waals surface area contributed by atoms with E-state index in [1.807, 2.05) is 6.92 Å². The number of halogens is 2. The fraction of sp³-hybridized carbons (Fsp3) is 0.133. The van der Waals surface area contributed by atoms with Gasteiger partial charge in [0.05, 0.1) is 17.3 Å². The summed E-state index contributed by atoms with van der Waals surface area (Å²) in [5, 5.41) is 3.18. The minimum Gasteiger partial charge on any atom is -0.493 e. The van der Waals surface area contributed by atoms with Gasteiger partial charge in [-0.05, 0) is 37.3 Å². The Morgan fingerprint density at radius 2 is 2.14 bits per heavy atom. The van der Waals surface area contributed by atoms with Crippen molar-refractivity contribution in [1.29, 1.82) is 0 Å². The predicted molar refractivity (Wildman–Crippen MR) is 89.1 cm³/mol. The Bertz CT molecular complexity index is 677. The molecular weight excluding hydrogens is 356 g/mol. The minimum atomic E-state index is -0.360. The normalized spacial score (nSPS) is 10.2. The lowest BCUT2D eigenvalue weighted by atomic mass is 10.1. The van der Waals surface area contributed by atoms with E-state index in [0.29, 0.717) is 34.3 Å². The molecule has 0 aliphatic heterocycles. The molecule has 21 heavy (non-hydrogen) atoms. The van der Waals surface area contributed by atoms with Crippen molar-refractivity contribution in [3.05, 3.63) is 51.5 Å². The average molecular weight is 370 g/mol. The van der Waals surface area contributed by atoms with E-state index in [9.17, 15) is 4.79 Å². The van der Waals surface area contributed by atoms with Crippen LogP contribution in [0.5, 0.6) is 5.75 Å². The second-order valence-corrected chi connectivity index (χ2v) is 5.55. The molecule has 0 aliphatic rings. The van der Waals surface area contributed by atoms with Crippen molar-refractivity contribution in [3.8, 4) is 5.75 Å². The van der Waals surface area contributed by atoms with Crippen LogP contribution in [0.3, 0.4) is 0 Å².